The van der Waals surface area contributed by atoms with Gasteiger partial charge in [-0.3, -0.25) is 0 Å². The average Bonchev–Trinajstić information content (AvgIpc) is 2.31. The van der Waals surface area contributed by atoms with Gasteiger partial charge in [0.15, 0.2) is 0 Å². The highest BCUT2D eigenvalue weighted by Gasteiger charge is 2.07. The first-order chi connectivity index (χ1) is 8.16. The maximum Gasteiger partial charge on any atom is 0.131 e. The Kier molecular flexibility index (Phi) is 3.93. The minimum Gasteiger partial charge on any atom is -0.381 e. The second-order valence-electron chi connectivity index (χ2n) is 3.56. The molecule has 0 saturated carbocycles. The van der Waals surface area contributed by atoms with Gasteiger partial charge in [-0.25, -0.2) is 8.78 Å². The molecule has 0 amide bonds. The zero-order valence-corrected chi connectivity index (χ0v) is 11.0. The molecule has 0 spiro atoms. The summed E-state index contributed by atoms with van der Waals surface area (Å²) in [6, 6.07) is 11.5. The predicted molar refractivity (Wildman–Crippen MR) is 72.8 cm³/mol. The van der Waals surface area contributed by atoms with Crippen LogP contribution in [-0.4, -0.2) is 0 Å². The lowest BCUT2D eigenvalue weighted by atomic mass is 10.2. The molecule has 0 unspecified atom stereocenters. The monoisotopic (exact) mass is 345 g/mol. The molecular weight excluding hydrogens is 335 g/mol. The molecule has 1 N–H and O–H groups in total. The molecule has 0 aromatic heterocycles. The van der Waals surface area contributed by atoms with E-state index in [1.807, 2.05) is 24.3 Å². The molecule has 0 radical (unpaired) electrons. The summed E-state index contributed by atoms with van der Waals surface area (Å²) in [6.45, 7) is 0.138. The first-order valence-corrected chi connectivity index (χ1v) is 6.17. The highest BCUT2D eigenvalue weighted by Crippen LogP contribution is 2.16. The Morgan fingerprint density at radius 2 is 1.53 bits per heavy atom. The Balaban J connectivity index is 2.10. The van der Waals surface area contributed by atoms with Crippen molar-refractivity contribution in [1.29, 1.82) is 0 Å². The van der Waals surface area contributed by atoms with Gasteiger partial charge in [0, 0.05) is 21.4 Å². The van der Waals surface area contributed by atoms with Crippen LogP contribution in [-0.2, 0) is 6.54 Å². The zero-order valence-electron chi connectivity index (χ0n) is 8.88. The minimum atomic E-state index is -0.525. The molecule has 2 aromatic rings. The molecule has 88 valence electrons. The molecule has 17 heavy (non-hydrogen) atoms. The Morgan fingerprint density at radius 3 is 2.12 bits per heavy atom. The molecule has 0 aliphatic carbocycles. The second-order valence-corrected chi connectivity index (χ2v) is 4.81. The van der Waals surface area contributed by atoms with Crippen molar-refractivity contribution >= 4 is 28.3 Å². The van der Waals surface area contributed by atoms with Crippen molar-refractivity contribution in [3.8, 4) is 0 Å². The van der Waals surface area contributed by atoms with E-state index >= 15 is 0 Å². The van der Waals surface area contributed by atoms with E-state index < -0.39 is 11.6 Å². The summed E-state index contributed by atoms with van der Waals surface area (Å²) < 4.78 is 27.8. The summed E-state index contributed by atoms with van der Waals surface area (Å²) in [7, 11) is 0. The first kappa shape index (κ1) is 12.3. The predicted octanol–water partition coefficient (Wildman–Crippen LogP) is 4.18. The Morgan fingerprint density at radius 1 is 0.941 bits per heavy atom. The number of halogens is 3. The third kappa shape index (κ3) is 3.15. The molecule has 0 aliphatic rings. The number of hydrogen-bond acceptors (Lipinski definition) is 1. The Labute approximate surface area is 112 Å². The van der Waals surface area contributed by atoms with Gasteiger partial charge in [-0.15, -0.1) is 0 Å². The van der Waals surface area contributed by atoms with Crippen molar-refractivity contribution in [1.82, 2.24) is 0 Å². The molecule has 0 bridgehead atoms. The van der Waals surface area contributed by atoms with E-state index in [0.717, 1.165) is 9.26 Å². The molecule has 2 aromatic carbocycles. The minimum absolute atomic E-state index is 0.0612. The molecule has 1 nitrogen and oxygen atoms in total. The Bertz CT molecular complexity index is 491. The second kappa shape index (κ2) is 5.44. The Hall–Kier alpha value is -1.17. The largest absolute Gasteiger partial charge is 0.381 e. The number of benzene rings is 2. The fourth-order valence-corrected chi connectivity index (χ4v) is 1.82. The summed E-state index contributed by atoms with van der Waals surface area (Å²) in [6.07, 6.45) is 0. The van der Waals surface area contributed by atoms with Crippen molar-refractivity contribution in [2.24, 2.45) is 0 Å². The average molecular weight is 345 g/mol. The first-order valence-electron chi connectivity index (χ1n) is 5.09. The van der Waals surface area contributed by atoms with E-state index in [0.29, 0.717) is 0 Å². The van der Waals surface area contributed by atoms with Crippen molar-refractivity contribution in [3.05, 3.63) is 63.2 Å². The quantitative estimate of drug-likeness (QED) is 0.823. The molecular formula is C13H10F2IN. The van der Waals surface area contributed by atoms with E-state index in [9.17, 15) is 8.78 Å². The number of anilines is 1. The van der Waals surface area contributed by atoms with Crippen LogP contribution in [0.3, 0.4) is 0 Å². The number of hydrogen-bond donors (Lipinski definition) is 1. The topological polar surface area (TPSA) is 12.0 Å². The van der Waals surface area contributed by atoms with Crippen LogP contribution in [0.5, 0.6) is 0 Å². The fraction of sp³-hybridized carbons (Fsp3) is 0.0769. The highest BCUT2D eigenvalue weighted by atomic mass is 127. The van der Waals surface area contributed by atoms with Gasteiger partial charge in [0.05, 0.1) is 0 Å². The van der Waals surface area contributed by atoms with Gasteiger partial charge in [0.25, 0.3) is 0 Å². The molecule has 4 heteroatoms. The molecule has 0 saturated heterocycles. The third-order valence-electron chi connectivity index (χ3n) is 2.38. The van der Waals surface area contributed by atoms with Crippen LogP contribution in [0.4, 0.5) is 14.5 Å². The van der Waals surface area contributed by atoms with Gasteiger partial charge in [0.1, 0.15) is 11.6 Å². The van der Waals surface area contributed by atoms with E-state index in [2.05, 4.69) is 27.9 Å². The van der Waals surface area contributed by atoms with Crippen LogP contribution in [0.25, 0.3) is 0 Å². The van der Waals surface area contributed by atoms with Crippen molar-refractivity contribution < 1.29 is 8.78 Å². The van der Waals surface area contributed by atoms with Crippen molar-refractivity contribution in [3.63, 3.8) is 0 Å². The van der Waals surface area contributed by atoms with Gasteiger partial charge in [-0.1, -0.05) is 6.07 Å². The SMILES string of the molecule is Fc1cccc(F)c1CNc1ccc(I)cc1. The lowest BCUT2D eigenvalue weighted by molar-refractivity contribution is 0.560. The summed E-state index contributed by atoms with van der Waals surface area (Å²) in [4.78, 5) is 0. The lowest BCUT2D eigenvalue weighted by Crippen LogP contribution is -2.04. The van der Waals surface area contributed by atoms with E-state index in [1.54, 1.807) is 0 Å². The van der Waals surface area contributed by atoms with E-state index in [1.165, 1.54) is 18.2 Å². The van der Waals surface area contributed by atoms with Gasteiger partial charge >= 0.3 is 0 Å². The number of nitrogens with one attached hydrogen (secondary N) is 1. The summed E-state index contributed by atoms with van der Waals surface area (Å²) in [5.74, 6) is -1.05. The molecule has 0 heterocycles. The summed E-state index contributed by atoms with van der Waals surface area (Å²) in [5, 5.41) is 2.99. The number of rotatable bonds is 3. The molecule has 0 fully saturated rings. The van der Waals surface area contributed by atoms with Gasteiger partial charge in [-0.2, -0.15) is 0 Å². The maximum absolute atomic E-state index is 13.3. The zero-order chi connectivity index (χ0) is 12.3. The van der Waals surface area contributed by atoms with Crippen LogP contribution in [0.1, 0.15) is 5.56 Å². The standard InChI is InChI=1S/C13H10F2IN/c14-12-2-1-3-13(15)11(12)8-17-10-6-4-9(16)5-7-10/h1-7,17H,8H2. The van der Waals surface area contributed by atoms with Crippen LogP contribution >= 0.6 is 22.6 Å². The van der Waals surface area contributed by atoms with Crippen LogP contribution < -0.4 is 5.32 Å². The van der Waals surface area contributed by atoms with Crippen molar-refractivity contribution in [2.75, 3.05) is 5.32 Å². The lowest BCUT2D eigenvalue weighted by Gasteiger charge is -2.08. The smallest absolute Gasteiger partial charge is 0.131 e. The summed E-state index contributed by atoms with van der Waals surface area (Å²) in [5.41, 5.74) is 0.902. The molecule has 0 aliphatic heterocycles. The van der Waals surface area contributed by atoms with Crippen LogP contribution in [0, 0.1) is 15.2 Å². The maximum atomic E-state index is 13.3. The van der Waals surface area contributed by atoms with Crippen LogP contribution in [0.2, 0.25) is 0 Å². The van der Waals surface area contributed by atoms with Gasteiger partial charge < -0.3 is 5.32 Å². The van der Waals surface area contributed by atoms with E-state index in [-0.39, 0.29) is 12.1 Å². The molecule has 2 rings (SSSR count). The fourth-order valence-electron chi connectivity index (χ4n) is 1.46. The normalized spacial score (nSPS) is 10.3. The summed E-state index contributed by atoms with van der Waals surface area (Å²) >= 11 is 2.20. The van der Waals surface area contributed by atoms with Gasteiger partial charge in [0.2, 0.25) is 0 Å². The highest BCUT2D eigenvalue weighted by molar-refractivity contribution is 14.1. The van der Waals surface area contributed by atoms with Crippen LogP contribution in [0.15, 0.2) is 42.5 Å². The van der Waals surface area contributed by atoms with E-state index in [4.69, 9.17) is 0 Å². The molecule has 0 atom stereocenters. The third-order valence-corrected chi connectivity index (χ3v) is 3.09. The van der Waals surface area contributed by atoms with Crippen molar-refractivity contribution in [2.45, 2.75) is 6.54 Å². The van der Waals surface area contributed by atoms with Gasteiger partial charge in [-0.05, 0) is 59.0 Å².